The van der Waals surface area contributed by atoms with Crippen LogP contribution in [0.15, 0.2) is 36.4 Å². The molecule has 3 rings (SSSR count). The molecule has 3 nitrogen and oxygen atoms in total. The monoisotopic (exact) mass is 300 g/mol. The van der Waals surface area contributed by atoms with Crippen molar-refractivity contribution >= 4 is 32.6 Å². The van der Waals surface area contributed by atoms with Gasteiger partial charge in [-0.25, -0.2) is 9.37 Å². The fraction of sp³-hybridized carbons (Fsp3) is 0.125. The Kier molecular flexibility index (Phi) is 3.43. The largest absolute Gasteiger partial charge is 0.298 e. The molecule has 0 aliphatic heterocycles. The van der Waals surface area contributed by atoms with Gasteiger partial charge in [0.15, 0.2) is 5.13 Å². The summed E-state index contributed by atoms with van der Waals surface area (Å²) < 4.78 is 13.9. The number of hydrogen-bond acceptors (Lipinski definition) is 3. The second kappa shape index (κ2) is 5.26. The van der Waals surface area contributed by atoms with Crippen LogP contribution < -0.4 is 5.32 Å². The Morgan fingerprint density at radius 2 is 1.81 bits per heavy atom. The lowest BCUT2D eigenvalue weighted by molar-refractivity contribution is 0.102. The molecule has 2 aromatic carbocycles. The highest BCUT2D eigenvalue weighted by Crippen LogP contribution is 2.28. The minimum absolute atomic E-state index is 0.289. The molecule has 0 saturated carbocycles. The third kappa shape index (κ3) is 2.78. The molecule has 3 aromatic rings. The van der Waals surface area contributed by atoms with E-state index in [0.717, 1.165) is 10.2 Å². The van der Waals surface area contributed by atoms with E-state index in [4.69, 9.17) is 0 Å². The normalized spacial score (nSPS) is 10.8. The Hall–Kier alpha value is -2.27. The molecule has 1 heterocycles. The van der Waals surface area contributed by atoms with Crippen LogP contribution in [0.1, 0.15) is 21.5 Å². The minimum Gasteiger partial charge on any atom is -0.298 e. The third-order valence-electron chi connectivity index (χ3n) is 3.33. The average molecular weight is 300 g/mol. The van der Waals surface area contributed by atoms with Crippen molar-refractivity contribution in [2.24, 2.45) is 0 Å². The lowest BCUT2D eigenvalue weighted by atomic mass is 10.1. The molecule has 0 fully saturated rings. The van der Waals surface area contributed by atoms with Crippen LogP contribution in [0.5, 0.6) is 0 Å². The summed E-state index contributed by atoms with van der Waals surface area (Å²) in [4.78, 5) is 16.5. The van der Waals surface area contributed by atoms with Gasteiger partial charge < -0.3 is 0 Å². The fourth-order valence-electron chi connectivity index (χ4n) is 2.00. The topological polar surface area (TPSA) is 42.0 Å². The number of halogens is 1. The van der Waals surface area contributed by atoms with Crippen molar-refractivity contribution < 1.29 is 9.18 Å². The number of benzene rings is 2. The SMILES string of the molecule is Cc1cc2nc(NC(=O)c3ccc(F)cc3)sc2cc1C. The number of nitrogens with zero attached hydrogens (tertiary/aromatic N) is 1. The second-order valence-electron chi connectivity index (χ2n) is 4.88. The number of carbonyl (C=O) groups excluding carboxylic acids is 1. The summed E-state index contributed by atoms with van der Waals surface area (Å²) >= 11 is 1.43. The van der Waals surface area contributed by atoms with Gasteiger partial charge in [-0.15, -0.1) is 0 Å². The highest BCUT2D eigenvalue weighted by atomic mass is 32.1. The van der Waals surface area contributed by atoms with Gasteiger partial charge in [0, 0.05) is 5.56 Å². The van der Waals surface area contributed by atoms with Crippen LogP contribution in [-0.2, 0) is 0 Å². The Balaban J connectivity index is 1.87. The number of aromatic nitrogens is 1. The van der Waals surface area contributed by atoms with Gasteiger partial charge in [0.1, 0.15) is 5.82 Å². The van der Waals surface area contributed by atoms with Gasteiger partial charge >= 0.3 is 0 Å². The van der Waals surface area contributed by atoms with Crippen molar-refractivity contribution in [1.29, 1.82) is 0 Å². The first-order valence-electron chi connectivity index (χ1n) is 6.47. The predicted octanol–water partition coefficient (Wildman–Crippen LogP) is 4.30. The molecule has 0 aliphatic carbocycles. The van der Waals surface area contributed by atoms with Crippen molar-refractivity contribution in [3.63, 3.8) is 0 Å². The Morgan fingerprint density at radius 1 is 1.14 bits per heavy atom. The molecule has 21 heavy (non-hydrogen) atoms. The third-order valence-corrected chi connectivity index (χ3v) is 4.26. The van der Waals surface area contributed by atoms with Crippen molar-refractivity contribution in [3.8, 4) is 0 Å². The van der Waals surface area contributed by atoms with Gasteiger partial charge in [-0.3, -0.25) is 10.1 Å². The lowest BCUT2D eigenvalue weighted by Crippen LogP contribution is -2.11. The molecule has 0 spiro atoms. The number of thiazole rings is 1. The smallest absolute Gasteiger partial charge is 0.257 e. The van der Waals surface area contributed by atoms with E-state index < -0.39 is 0 Å². The molecule has 1 N–H and O–H groups in total. The van der Waals surface area contributed by atoms with Crippen LogP contribution in [0, 0.1) is 19.7 Å². The summed E-state index contributed by atoms with van der Waals surface area (Å²) in [6, 6.07) is 9.50. The zero-order valence-electron chi connectivity index (χ0n) is 11.6. The van der Waals surface area contributed by atoms with Crippen molar-refractivity contribution in [3.05, 3.63) is 58.9 Å². The molecule has 5 heteroatoms. The van der Waals surface area contributed by atoms with Crippen molar-refractivity contribution in [1.82, 2.24) is 4.98 Å². The standard InChI is InChI=1S/C16H13FN2OS/c1-9-7-13-14(8-10(9)2)21-16(18-13)19-15(20)11-3-5-12(17)6-4-11/h3-8H,1-2H3,(H,18,19,20). The summed E-state index contributed by atoms with van der Waals surface area (Å²) in [6.07, 6.45) is 0. The number of nitrogens with one attached hydrogen (secondary N) is 1. The van der Waals surface area contributed by atoms with Crippen LogP contribution >= 0.6 is 11.3 Å². The van der Waals surface area contributed by atoms with Gasteiger partial charge in [-0.1, -0.05) is 11.3 Å². The number of anilines is 1. The first-order valence-corrected chi connectivity index (χ1v) is 7.29. The van der Waals surface area contributed by atoms with E-state index in [1.165, 1.54) is 46.7 Å². The van der Waals surface area contributed by atoms with E-state index in [0.29, 0.717) is 10.7 Å². The molecule has 0 atom stereocenters. The van der Waals surface area contributed by atoms with Crippen molar-refractivity contribution in [2.75, 3.05) is 5.32 Å². The molecular formula is C16H13FN2OS. The van der Waals surface area contributed by atoms with Gasteiger partial charge in [0.05, 0.1) is 10.2 Å². The second-order valence-corrected chi connectivity index (χ2v) is 5.91. The van der Waals surface area contributed by atoms with E-state index in [-0.39, 0.29) is 11.7 Å². The number of carbonyl (C=O) groups is 1. The van der Waals surface area contributed by atoms with Crippen LogP contribution in [-0.4, -0.2) is 10.9 Å². The Bertz CT molecular complexity index is 785. The number of aryl methyl sites for hydroxylation is 2. The number of fused-ring (bicyclic) bond motifs is 1. The highest BCUT2D eigenvalue weighted by molar-refractivity contribution is 7.22. The first kappa shape index (κ1) is 13.7. The fourth-order valence-corrected chi connectivity index (χ4v) is 2.94. The summed E-state index contributed by atoms with van der Waals surface area (Å²) in [6.45, 7) is 4.08. The Labute approximate surface area is 125 Å². The van der Waals surface area contributed by atoms with E-state index in [2.05, 4.69) is 16.4 Å². The first-order chi connectivity index (χ1) is 10.0. The minimum atomic E-state index is -0.363. The lowest BCUT2D eigenvalue weighted by Gasteiger charge is -2.00. The maximum absolute atomic E-state index is 12.9. The summed E-state index contributed by atoms with van der Waals surface area (Å²) in [5.41, 5.74) is 3.65. The van der Waals surface area contributed by atoms with Gasteiger partial charge in [-0.05, 0) is 61.4 Å². The van der Waals surface area contributed by atoms with E-state index in [1.807, 2.05) is 19.9 Å². The van der Waals surface area contributed by atoms with Gasteiger partial charge in [0.25, 0.3) is 5.91 Å². The van der Waals surface area contributed by atoms with Crippen LogP contribution in [0.4, 0.5) is 9.52 Å². The van der Waals surface area contributed by atoms with Crippen LogP contribution in [0.2, 0.25) is 0 Å². The van der Waals surface area contributed by atoms with Gasteiger partial charge in [0.2, 0.25) is 0 Å². The molecule has 0 unspecified atom stereocenters. The predicted molar refractivity (Wildman–Crippen MR) is 83.4 cm³/mol. The van der Waals surface area contributed by atoms with Crippen molar-refractivity contribution in [2.45, 2.75) is 13.8 Å². The summed E-state index contributed by atoms with van der Waals surface area (Å²) in [5, 5.41) is 3.30. The molecule has 0 aliphatic rings. The highest BCUT2D eigenvalue weighted by Gasteiger charge is 2.10. The average Bonchev–Trinajstić information content (AvgIpc) is 2.81. The zero-order chi connectivity index (χ0) is 15.0. The molecule has 0 bridgehead atoms. The molecular weight excluding hydrogens is 287 g/mol. The number of rotatable bonds is 2. The number of amides is 1. The molecule has 1 amide bonds. The zero-order valence-corrected chi connectivity index (χ0v) is 12.4. The molecule has 0 saturated heterocycles. The quantitative estimate of drug-likeness (QED) is 0.766. The maximum Gasteiger partial charge on any atom is 0.257 e. The molecule has 106 valence electrons. The molecule has 1 aromatic heterocycles. The van der Waals surface area contributed by atoms with Crippen LogP contribution in [0.3, 0.4) is 0 Å². The number of hydrogen-bond donors (Lipinski definition) is 1. The van der Waals surface area contributed by atoms with E-state index in [1.54, 1.807) is 0 Å². The van der Waals surface area contributed by atoms with E-state index >= 15 is 0 Å². The van der Waals surface area contributed by atoms with E-state index in [9.17, 15) is 9.18 Å². The van der Waals surface area contributed by atoms with Gasteiger partial charge in [-0.2, -0.15) is 0 Å². The molecule has 0 radical (unpaired) electrons. The summed E-state index contributed by atoms with van der Waals surface area (Å²) in [5.74, 6) is -0.653. The Morgan fingerprint density at radius 3 is 2.52 bits per heavy atom. The summed E-state index contributed by atoms with van der Waals surface area (Å²) in [7, 11) is 0. The maximum atomic E-state index is 12.9. The van der Waals surface area contributed by atoms with Crippen LogP contribution in [0.25, 0.3) is 10.2 Å².